The molecule has 7 aromatic carbocycles. The molecule has 0 aliphatic carbocycles. The van der Waals surface area contributed by atoms with E-state index >= 15 is 4.39 Å². The third kappa shape index (κ3) is 6.25. The molecule has 0 atom stereocenters. The standard InChI is InChI=1S/C44H27FN2O3/c45-41-36(28-46)37(29-47)42(48-38-25-13-10-22-33(38)30-16-4-1-5-17-30)44(50-40-27-15-12-24-35(40)32-20-8-3-9-21-32)43(41)49-39-26-14-11-23-34(39)31-18-6-2-7-19-31/h1-27H. The Labute approximate surface area is 289 Å². The molecule has 0 aliphatic heterocycles. The first-order valence-electron chi connectivity index (χ1n) is 15.8. The molecule has 0 saturated carbocycles. The molecule has 5 nitrogen and oxygen atoms in total. The molecule has 0 aromatic heterocycles. The molecule has 0 unspecified atom stereocenters. The van der Waals surface area contributed by atoms with Gasteiger partial charge >= 0.3 is 0 Å². The minimum absolute atomic E-state index is 0.163. The highest BCUT2D eigenvalue weighted by Crippen LogP contribution is 2.52. The number of ether oxygens (including phenoxy) is 3. The molecular formula is C44H27FN2O3. The molecule has 6 heteroatoms. The van der Waals surface area contributed by atoms with Crippen molar-refractivity contribution >= 4 is 0 Å². The van der Waals surface area contributed by atoms with Crippen molar-refractivity contribution in [1.82, 2.24) is 0 Å². The normalized spacial score (nSPS) is 10.5. The molecular weight excluding hydrogens is 623 g/mol. The number of hydrogen-bond acceptors (Lipinski definition) is 5. The lowest BCUT2D eigenvalue weighted by Gasteiger charge is -2.22. The van der Waals surface area contributed by atoms with E-state index in [-0.39, 0.29) is 17.1 Å². The first kappa shape index (κ1) is 31.4. The van der Waals surface area contributed by atoms with Crippen LogP contribution in [0.25, 0.3) is 33.4 Å². The Hall–Kier alpha value is -7.15. The van der Waals surface area contributed by atoms with Crippen molar-refractivity contribution in [2.45, 2.75) is 0 Å². The number of hydrogen-bond donors (Lipinski definition) is 0. The van der Waals surface area contributed by atoms with E-state index in [1.54, 1.807) is 36.4 Å². The van der Waals surface area contributed by atoms with Gasteiger partial charge in [0.25, 0.3) is 0 Å². The first-order valence-corrected chi connectivity index (χ1v) is 15.8. The second-order valence-corrected chi connectivity index (χ2v) is 11.2. The lowest BCUT2D eigenvalue weighted by atomic mass is 10.0. The van der Waals surface area contributed by atoms with E-state index in [0.29, 0.717) is 33.9 Å². The van der Waals surface area contributed by atoms with Gasteiger partial charge in [-0.2, -0.15) is 10.5 Å². The largest absolute Gasteiger partial charge is 0.451 e. The maximum absolute atomic E-state index is 16.8. The molecule has 0 saturated heterocycles. The quantitative estimate of drug-likeness (QED) is 0.155. The SMILES string of the molecule is N#Cc1c(F)c(Oc2ccccc2-c2ccccc2)c(Oc2ccccc2-c2ccccc2)c(Oc2ccccc2-c2ccccc2)c1C#N. The Morgan fingerprint density at radius 2 is 0.680 bits per heavy atom. The van der Waals surface area contributed by atoms with Crippen molar-refractivity contribution in [3.05, 3.63) is 181 Å². The summed E-state index contributed by atoms with van der Waals surface area (Å²) < 4.78 is 36.4. The van der Waals surface area contributed by atoms with Crippen LogP contribution in [0.4, 0.5) is 4.39 Å². The van der Waals surface area contributed by atoms with Crippen molar-refractivity contribution in [3.8, 4) is 80.0 Å². The highest BCUT2D eigenvalue weighted by atomic mass is 19.1. The Kier molecular flexibility index (Phi) is 9.00. The molecule has 238 valence electrons. The van der Waals surface area contributed by atoms with E-state index in [4.69, 9.17) is 14.2 Å². The van der Waals surface area contributed by atoms with Gasteiger partial charge in [0.05, 0.1) is 0 Å². The lowest BCUT2D eigenvalue weighted by molar-refractivity contribution is 0.370. The summed E-state index contributed by atoms with van der Waals surface area (Å²) in [6.07, 6.45) is 0. The third-order valence-corrected chi connectivity index (χ3v) is 8.08. The summed E-state index contributed by atoms with van der Waals surface area (Å²) in [7, 11) is 0. The fourth-order valence-corrected chi connectivity index (χ4v) is 5.71. The predicted octanol–water partition coefficient (Wildman–Crippen LogP) is 11.9. The van der Waals surface area contributed by atoms with Gasteiger partial charge in [0.2, 0.25) is 11.5 Å². The first-order chi connectivity index (χ1) is 24.7. The van der Waals surface area contributed by atoms with Gasteiger partial charge in [-0.3, -0.25) is 0 Å². The average Bonchev–Trinajstić information content (AvgIpc) is 3.18. The molecule has 0 amide bonds. The van der Waals surface area contributed by atoms with E-state index in [1.807, 2.05) is 140 Å². The second kappa shape index (κ2) is 14.3. The number of nitrogens with zero attached hydrogens (tertiary/aromatic N) is 2. The number of para-hydroxylation sites is 3. The van der Waals surface area contributed by atoms with Crippen molar-refractivity contribution in [1.29, 1.82) is 10.5 Å². The van der Waals surface area contributed by atoms with Gasteiger partial charge < -0.3 is 14.2 Å². The highest BCUT2D eigenvalue weighted by Gasteiger charge is 2.31. The van der Waals surface area contributed by atoms with Gasteiger partial charge in [-0.05, 0) is 34.9 Å². The van der Waals surface area contributed by atoms with Crippen LogP contribution in [0.2, 0.25) is 0 Å². The average molecular weight is 651 g/mol. The molecule has 0 heterocycles. The van der Waals surface area contributed by atoms with E-state index in [1.165, 1.54) is 0 Å². The van der Waals surface area contributed by atoms with Gasteiger partial charge in [-0.1, -0.05) is 146 Å². The topological polar surface area (TPSA) is 75.3 Å². The van der Waals surface area contributed by atoms with Gasteiger partial charge in [-0.25, -0.2) is 4.39 Å². The van der Waals surface area contributed by atoms with Crippen LogP contribution in [0.5, 0.6) is 34.5 Å². The summed E-state index contributed by atoms with van der Waals surface area (Å²) in [5, 5.41) is 20.7. The van der Waals surface area contributed by atoms with Crippen LogP contribution in [0.3, 0.4) is 0 Å². The third-order valence-electron chi connectivity index (χ3n) is 8.08. The van der Waals surface area contributed by atoms with Crippen LogP contribution in [-0.4, -0.2) is 0 Å². The minimum atomic E-state index is -1.05. The summed E-state index contributed by atoms with van der Waals surface area (Å²) in [5.74, 6) is -0.794. The van der Waals surface area contributed by atoms with Crippen molar-refractivity contribution in [2.24, 2.45) is 0 Å². The van der Waals surface area contributed by atoms with Crippen molar-refractivity contribution in [2.75, 3.05) is 0 Å². The molecule has 0 spiro atoms. The van der Waals surface area contributed by atoms with Crippen LogP contribution in [0.15, 0.2) is 164 Å². The number of benzene rings is 7. The summed E-state index contributed by atoms with van der Waals surface area (Å²) in [5.41, 5.74) is 3.79. The van der Waals surface area contributed by atoms with Crippen molar-refractivity contribution in [3.63, 3.8) is 0 Å². The molecule has 0 N–H and O–H groups in total. The predicted molar refractivity (Wildman–Crippen MR) is 192 cm³/mol. The van der Waals surface area contributed by atoms with E-state index < -0.39 is 17.1 Å². The summed E-state index contributed by atoms with van der Waals surface area (Å²) >= 11 is 0. The van der Waals surface area contributed by atoms with Crippen LogP contribution in [0.1, 0.15) is 11.1 Å². The molecule has 0 radical (unpaired) electrons. The Balaban J connectivity index is 1.48. The molecule has 0 aliphatic rings. The summed E-state index contributed by atoms with van der Waals surface area (Å²) in [6, 6.07) is 54.4. The number of nitriles is 2. The molecule has 0 bridgehead atoms. The van der Waals surface area contributed by atoms with Crippen LogP contribution < -0.4 is 14.2 Å². The maximum Gasteiger partial charge on any atom is 0.216 e. The fraction of sp³-hybridized carbons (Fsp3) is 0. The lowest BCUT2D eigenvalue weighted by Crippen LogP contribution is -2.04. The van der Waals surface area contributed by atoms with Gasteiger partial charge in [0, 0.05) is 16.7 Å². The second-order valence-electron chi connectivity index (χ2n) is 11.2. The number of halogens is 1. The summed E-state index contributed by atoms with van der Waals surface area (Å²) in [6.45, 7) is 0. The zero-order chi connectivity index (χ0) is 34.3. The molecule has 7 rings (SSSR count). The monoisotopic (exact) mass is 650 g/mol. The maximum atomic E-state index is 16.8. The Morgan fingerprint density at radius 3 is 1.06 bits per heavy atom. The summed E-state index contributed by atoms with van der Waals surface area (Å²) in [4.78, 5) is 0. The zero-order valence-electron chi connectivity index (χ0n) is 26.6. The van der Waals surface area contributed by atoms with Gasteiger partial charge in [-0.15, -0.1) is 0 Å². The highest BCUT2D eigenvalue weighted by molar-refractivity contribution is 5.77. The van der Waals surface area contributed by atoms with E-state index in [9.17, 15) is 10.5 Å². The molecule has 7 aromatic rings. The smallest absolute Gasteiger partial charge is 0.216 e. The van der Waals surface area contributed by atoms with Gasteiger partial charge in [0.15, 0.2) is 11.6 Å². The van der Waals surface area contributed by atoms with E-state index in [0.717, 1.165) is 16.7 Å². The molecule has 0 fully saturated rings. The Morgan fingerprint density at radius 1 is 0.360 bits per heavy atom. The minimum Gasteiger partial charge on any atom is -0.451 e. The fourth-order valence-electron chi connectivity index (χ4n) is 5.71. The number of rotatable bonds is 9. The van der Waals surface area contributed by atoms with Crippen LogP contribution >= 0.6 is 0 Å². The van der Waals surface area contributed by atoms with Crippen LogP contribution in [0, 0.1) is 28.5 Å². The van der Waals surface area contributed by atoms with Crippen LogP contribution in [-0.2, 0) is 0 Å². The zero-order valence-corrected chi connectivity index (χ0v) is 26.6. The van der Waals surface area contributed by atoms with Gasteiger partial charge in [0.1, 0.15) is 40.5 Å². The Bertz CT molecular complexity index is 2380. The van der Waals surface area contributed by atoms with Crippen molar-refractivity contribution < 1.29 is 18.6 Å². The molecule has 50 heavy (non-hydrogen) atoms. The van der Waals surface area contributed by atoms with E-state index in [2.05, 4.69) is 0 Å².